The maximum absolute atomic E-state index is 12.3. The lowest BCUT2D eigenvalue weighted by atomic mass is 10.2. The van der Waals surface area contributed by atoms with Crippen LogP contribution < -0.4 is 10.6 Å². The molecule has 1 unspecified atom stereocenters. The van der Waals surface area contributed by atoms with E-state index in [9.17, 15) is 9.59 Å². The first-order chi connectivity index (χ1) is 13.5. The van der Waals surface area contributed by atoms with Crippen molar-refractivity contribution >= 4 is 11.8 Å². The van der Waals surface area contributed by atoms with E-state index in [1.807, 2.05) is 44.2 Å². The van der Waals surface area contributed by atoms with Crippen LogP contribution in [0.4, 0.5) is 0 Å². The lowest BCUT2D eigenvalue weighted by Gasteiger charge is -2.16. The largest absolute Gasteiger partial charge is 0.351 e. The summed E-state index contributed by atoms with van der Waals surface area (Å²) in [5, 5.41) is 13.2. The van der Waals surface area contributed by atoms with Crippen LogP contribution in [0.3, 0.4) is 0 Å². The first-order valence-electron chi connectivity index (χ1n) is 9.29. The van der Waals surface area contributed by atoms with E-state index in [2.05, 4.69) is 20.9 Å². The van der Waals surface area contributed by atoms with Crippen LogP contribution >= 0.6 is 0 Å². The van der Waals surface area contributed by atoms with Crippen molar-refractivity contribution < 1.29 is 19.1 Å². The summed E-state index contributed by atoms with van der Waals surface area (Å²) in [6, 6.07) is 8.84. The Morgan fingerprint density at radius 1 is 1.14 bits per heavy atom. The highest BCUT2D eigenvalue weighted by molar-refractivity contribution is 5.95. The molecule has 28 heavy (non-hydrogen) atoms. The monoisotopic (exact) mass is 389 g/mol. The molecule has 0 fully saturated rings. The smallest absolute Gasteiger partial charge is 0.274 e. The van der Waals surface area contributed by atoms with Crippen molar-refractivity contribution in [1.82, 2.24) is 25.6 Å². The number of ether oxygens (including phenoxy) is 2. The third-order valence-corrected chi connectivity index (χ3v) is 3.86. The van der Waals surface area contributed by atoms with Crippen molar-refractivity contribution in [3.8, 4) is 0 Å². The highest BCUT2D eigenvalue weighted by Gasteiger charge is 2.19. The molecule has 0 spiro atoms. The second-order valence-electron chi connectivity index (χ2n) is 6.06. The van der Waals surface area contributed by atoms with Crippen LogP contribution in [0.1, 0.15) is 36.8 Å². The molecule has 2 N–H and O–H groups in total. The van der Waals surface area contributed by atoms with Crippen molar-refractivity contribution in [3.05, 3.63) is 47.8 Å². The summed E-state index contributed by atoms with van der Waals surface area (Å²) in [5.74, 6) is -0.754. The Kier molecular flexibility index (Phi) is 8.57. The van der Waals surface area contributed by atoms with Crippen molar-refractivity contribution in [2.24, 2.45) is 0 Å². The quantitative estimate of drug-likeness (QED) is 0.558. The van der Waals surface area contributed by atoms with E-state index < -0.39 is 18.2 Å². The zero-order chi connectivity index (χ0) is 20.4. The van der Waals surface area contributed by atoms with Crippen LogP contribution in [0.5, 0.6) is 0 Å². The fourth-order valence-electron chi connectivity index (χ4n) is 2.44. The van der Waals surface area contributed by atoms with Gasteiger partial charge in [0.1, 0.15) is 6.04 Å². The van der Waals surface area contributed by atoms with Gasteiger partial charge < -0.3 is 20.1 Å². The van der Waals surface area contributed by atoms with Gasteiger partial charge >= 0.3 is 0 Å². The van der Waals surface area contributed by atoms with Crippen LogP contribution in [-0.2, 0) is 27.4 Å². The fourth-order valence-corrected chi connectivity index (χ4v) is 2.44. The molecule has 0 bridgehead atoms. The van der Waals surface area contributed by atoms with Crippen LogP contribution in [0.25, 0.3) is 0 Å². The summed E-state index contributed by atoms with van der Waals surface area (Å²) in [5.41, 5.74) is 1.10. The molecule has 2 rings (SSSR count). The summed E-state index contributed by atoms with van der Waals surface area (Å²) in [6.07, 6.45) is 1.03. The van der Waals surface area contributed by atoms with Crippen LogP contribution in [-0.4, -0.2) is 52.4 Å². The highest BCUT2D eigenvalue weighted by Crippen LogP contribution is 2.02. The molecular formula is C19H27N5O4. The molecule has 0 saturated carbocycles. The third-order valence-electron chi connectivity index (χ3n) is 3.86. The second-order valence-corrected chi connectivity index (χ2v) is 6.06. The first-order valence-corrected chi connectivity index (χ1v) is 9.29. The maximum Gasteiger partial charge on any atom is 0.274 e. The van der Waals surface area contributed by atoms with Gasteiger partial charge in [-0.3, -0.25) is 9.59 Å². The zero-order valence-electron chi connectivity index (χ0n) is 16.4. The van der Waals surface area contributed by atoms with Crippen LogP contribution in [0, 0.1) is 0 Å². The molecule has 9 nitrogen and oxygen atoms in total. The molecule has 0 aliphatic heterocycles. The number of nitrogens with zero attached hydrogens (tertiary/aromatic N) is 3. The number of amides is 2. The van der Waals surface area contributed by atoms with E-state index in [1.54, 1.807) is 6.92 Å². The number of rotatable bonds is 11. The average molecular weight is 389 g/mol. The van der Waals surface area contributed by atoms with Gasteiger partial charge in [-0.1, -0.05) is 35.5 Å². The minimum Gasteiger partial charge on any atom is -0.351 e. The maximum atomic E-state index is 12.3. The zero-order valence-corrected chi connectivity index (χ0v) is 16.4. The van der Waals surface area contributed by atoms with Crippen LogP contribution in [0.2, 0.25) is 0 Å². The molecule has 0 saturated heterocycles. The van der Waals surface area contributed by atoms with Gasteiger partial charge in [0.05, 0.1) is 12.7 Å². The lowest BCUT2D eigenvalue weighted by molar-refractivity contribution is -0.145. The van der Waals surface area contributed by atoms with E-state index in [1.165, 1.54) is 10.9 Å². The molecule has 152 valence electrons. The predicted octanol–water partition coefficient (Wildman–Crippen LogP) is 1.11. The van der Waals surface area contributed by atoms with Gasteiger partial charge in [-0.15, -0.1) is 5.10 Å². The number of nitrogens with one attached hydrogen (secondary N) is 2. The Labute approximate surface area is 164 Å². The van der Waals surface area contributed by atoms with E-state index in [0.717, 1.165) is 5.56 Å². The normalized spacial score (nSPS) is 12.0. The van der Waals surface area contributed by atoms with Gasteiger partial charge in [0.15, 0.2) is 12.0 Å². The number of benzene rings is 1. The van der Waals surface area contributed by atoms with Gasteiger partial charge in [-0.25, -0.2) is 4.68 Å². The number of hydrogen-bond donors (Lipinski definition) is 2. The summed E-state index contributed by atoms with van der Waals surface area (Å²) in [7, 11) is 0. The predicted molar refractivity (Wildman–Crippen MR) is 102 cm³/mol. The van der Waals surface area contributed by atoms with Gasteiger partial charge in [0.2, 0.25) is 5.91 Å². The van der Waals surface area contributed by atoms with Gasteiger partial charge in [-0.05, 0) is 26.3 Å². The molecule has 1 aromatic carbocycles. The van der Waals surface area contributed by atoms with Crippen molar-refractivity contribution in [2.75, 3.05) is 13.2 Å². The van der Waals surface area contributed by atoms with Gasteiger partial charge in [-0.2, -0.15) is 0 Å². The third kappa shape index (κ3) is 6.75. The second kappa shape index (κ2) is 11.2. The van der Waals surface area contributed by atoms with E-state index >= 15 is 0 Å². The average Bonchev–Trinajstić information content (AvgIpc) is 3.16. The Balaban J connectivity index is 1.84. The number of hydrogen-bond acceptors (Lipinski definition) is 6. The van der Waals surface area contributed by atoms with Gasteiger partial charge in [0.25, 0.3) is 5.91 Å². The van der Waals surface area contributed by atoms with E-state index in [4.69, 9.17) is 9.47 Å². The number of aromatic nitrogens is 3. The van der Waals surface area contributed by atoms with Crippen molar-refractivity contribution in [1.29, 1.82) is 0 Å². The Morgan fingerprint density at radius 3 is 2.46 bits per heavy atom. The summed E-state index contributed by atoms with van der Waals surface area (Å²) in [6.45, 7) is 7.07. The molecular weight excluding hydrogens is 362 g/mol. The van der Waals surface area contributed by atoms with Crippen molar-refractivity contribution in [3.63, 3.8) is 0 Å². The topological polar surface area (TPSA) is 107 Å². The lowest BCUT2D eigenvalue weighted by Crippen LogP contribution is -2.44. The van der Waals surface area contributed by atoms with Crippen LogP contribution in [0.15, 0.2) is 36.5 Å². The molecule has 0 radical (unpaired) electrons. The Morgan fingerprint density at radius 2 is 1.82 bits per heavy atom. The standard InChI is InChI=1S/C19H27N5O4/c1-4-27-17(28-5-2)13-24-12-16(22-23-24)19(26)21-14(3)18(25)20-11-15-9-7-6-8-10-15/h6-10,12,14,17H,4-5,11,13H2,1-3H3,(H,20,25)(H,21,26). The molecule has 9 heteroatoms. The van der Waals surface area contributed by atoms with E-state index in [0.29, 0.717) is 26.3 Å². The number of carbonyl (C=O) groups excluding carboxylic acids is 2. The Bertz CT molecular complexity index is 744. The fraction of sp³-hybridized carbons (Fsp3) is 0.474. The molecule has 1 heterocycles. The molecule has 0 aliphatic rings. The summed E-state index contributed by atoms with van der Waals surface area (Å²) in [4.78, 5) is 24.5. The van der Waals surface area contributed by atoms with E-state index in [-0.39, 0.29) is 11.6 Å². The molecule has 1 aromatic heterocycles. The van der Waals surface area contributed by atoms with Gasteiger partial charge in [0, 0.05) is 19.8 Å². The molecule has 0 aliphatic carbocycles. The molecule has 2 amide bonds. The number of carbonyl (C=O) groups is 2. The first kappa shape index (κ1) is 21.5. The minimum atomic E-state index is -0.707. The molecule has 2 aromatic rings. The highest BCUT2D eigenvalue weighted by atomic mass is 16.7. The SMILES string of the molecule is CCOC(Cn1cc(C(=O)NC(C)C(=O)NCc2ccccc2)nn1)OCC. The Hall–Kier alpha value is -2.78. The minimum absolute atomic E-state index is 0.120. The summed E-state index contributed by atoms with van der Waals surface area (Å²) < 4.78 is 12.4. The molecule has 1 atom stereocenters. The van der Waals surface area contributed by atoms with Crippen molar-refractivity contribution in [2.45, 2.75) is 46.2 Å². The summed E-state index contributed by atoms with van der Waals surface area (Å²) >= 11 is 0.